The number of rotatable bonds is 5. The minimum Gasteiger partial charge on any atom is -0.376 e. The highest BCUT2D eigenvalue weighted by Gasteiger charge is 2.14. The van der Waals surface area contributed by atoms with Crippen LogP contribution in [-0.2, 0) is 16.0 Å². The lowest BCUT2D eigenvalue weighted by Crippen LogP contribution is -2.32. The Kier molecular flexibility index (Phi) is 4.71. The van der Waals surface area contributed by atoms with Gasteiger partial charge < -0.3 is 14.4 Å². The highest BCUT2D eigenvalue weighted by atomic mass is 32.1. The highest BCUT2D eigenvalue weighted by molar-refractivity contribution is 7.07. The van der Waals surface area contributed by atoms with E-state index >= 15 is 0 Å². The topological polar surface area (TPSA) is 34.6 Å². The third-order valence-electron chi connectivity index (χ3n) is 2.63. The Balaban J connectivity index is 1.65. The fourth-order valence-corrected chi connectivity index (χ4v) is 2.29. The van der Waals surface area contributed by atoms with Crippen LogP contribution >= 0.6 is 11.3 Å². The highest BCUT2D eigenvalue weighted by Crippen LogP contribution is 2.08. The Morgan fingerprint density at radius 3 is 3.19 bits per heavy atom. The van der Waals surface area contributed by atoms with Gasteiger partial charge in [-0.3, -0.25) is 0 Å². The lowest BCUT2D eigenvalue weighted by molar-refractivity contribution is -0.0924. The SMILES string of the molecule is CN(CCC1COCCO1)Cc1cscn1. The van der Waals surface area contributed by atoms with Crippen molar-refractivity contribution in [2.75, 3.05) is 33.4 Å². The molecule has 1 saturated heterocycles. The van der Waals surface area contributed by atoms with E-state index in [-0.39, 0.29) is 6.10 Å². The van der Waals surface area contributed by atoms with E-state index in [2.05, 4.69) is 22.3 Å². The van der Waals surface area contributed by atoms with Gasteiger partial charge in [0.1, 0.15) is 0 Å². The normalized spacial score (nSPS) is 21.5. The van der Waals surface area contributed by atoms with Crippen LogP contribution in [0.2, 0.25) is 0 Å². The number of thiazole rings is 1. The van der Waals surface area contributed by atoms with Crippen molar-refractivity contribution in [2.45, 2.75) is 19.1 Å². The molecule has 1 aromatic rings. The average Bonchev–Trinajstić information content (AvgIpc) is 2.81. The van der Waals surface area contributed by atoms with Crippen molar-refractivity contribution in [1.29, 1.82) is 0 Å². The van der Waals surface area contributed by atoms with Crippen molar-refractivity contribution in [1.82, 2.24) is 9.88 Å². The molecule has 1 aliphatic rings. The van der Waals surface area contributed by atoms with Crippen LogP contribution < -0.4 is 0 Å². The first-order valence-corrected chi connectivity index (χ1v) is 6.54. The van der Waals surface area contributed by atoms with Crippen molar-refractivity contribution in [2.24, 2.45) is 0 Å². The molecular weight excluding hydrogens is 224 g/mol. The Bertz CT molecular complexity index is 286. The van der Waals surface area contributed by atoms with E-state index in [0.717, 1.165) is 45.0 Å². The van der Waals surface area contributed by atoms with Crippen molar-refractivity contribution in [3.05, 3.63) is 16.6 Å². The van der Waals surface area contributed by atoms with Crippen LogP contribution in [0.5, 0.6) is 0 Å². The zero-order valence-corrected chi connectivity index (χ0v) is 10.4. The molecule has 1 aromatic heterocycles. The summed E-state index contributed by atoms with van der Waals surface area (Å²) in [4.78, 5) is 6.54. The Morgan fingerprint density at radius 1 is 1.56 bits per heavy atom. The third-order valence-corrected chi connectivity index (χ3v) is 3.27. The second-order valence-corrected chi connectivity index (χ2v) is 4.79. The van der Waals surface area contributed by atoms with Crippen molar-refractivity contribution >= 4 is 11.3 Å². The maximum absolute atomic E-state index is 5.60. The van der Waals surface area contributed by atoms with Gasteiger partial charge in [-0.1, -0.05) is 0 Å². The summed E-state index contributed by atoms with van der Waals surface area (Å²) in [5.74, 6) is 0. The minimum atomic E-state index is 0.270. The van der Waals surface area contributed by atoms with Gasteiger partial charge >= 0.3 is 0 Å². The summed E-state index contributed by atoms with van der Waals surface area (Å²) >= 11 is 1.65. The van der Waals surface area contributed by atoms with E-state index in [4.69, 9.17) is 9.47 Å². The van der Waals surface area contributed by atoms with Crippen LogP contribution in [0.25, 0.3) is 0 Å². The van der Waals surface area contributed by atoms with Crippen molar-refractivity contribution < 1.29 is 9.47 Å². The van der Waals surface area contributed by atoms with E-state index in [1.54, 1.807) is 11.3 Å². The third kappa shape index (κ3) is 3.83. The van der Waals surface area contributed by atoms with Crippen LogP contribution in [-0.4, -0.2) is 49.4 Å². The average molecular weight is 242 g/mol. The van der Waals surface area contributed by atoms with Gasteiger partial charge in [0, 0.05) is 18.5 Å². The number of hydrogen-bond acceptors (Lipinski definition) is 5. The molecule has 0 aromatic carbocycles. The van der Waals surface area contributed by atoms with Crippen molar-refractivity contribution in [3.8, 4) is 0 Å². The Hall–Kier alpha value is -0.490. The van der Waals surface area contributed by atoms with Crippen LogP contribution in [0.1, 0.15) is 12.1 Å². The molecule has 0 aliphatic carbocycles. The first kappa shape index (κ1) is 12.0. The van der Waals surface area contributed by atoms with Gasteiger partial charge in [-0.25, -0.2) is 4.98 Å². The quantitative estimate of drug-likeness (QED) is 0.781. The molecule has 0 saturated carbocycles. The molecule has 2 rings (SSSR count). The molecule has 1 aliphatic heterocycles. The Labute approximate surface area is 100 Å². The maximum Gasteiger partial charge on any atom is 0.0821 e. The van der Waals surface area contributed by atoms with Crippen LogP contribution in [0, 0.1) is 0 Å². The standard InChI is InChI=1S/C11H18N2O2S/c1-13(6-10-8-16-9-12-10)3-2-11-7-14-4-5-15-11/h8-9,11H,2-7H2,1H3. The van der Waals surface area contributed by atoms with E-state index in [9.17, 15) is 0 Å². The van der Waals surface area contributed by atoms with Gasteiger partial charge in [-0.2, -0.15) is 0 Å². The molecule has 1 fully saturated rings. The first-order valence-electron chi connectivity index (χ1n) is 5.59. The predicted molar refractivity (Wildman–Crippen MR) is 63.6 cm³/mol. The molecule has 4 nitrogen and oxygen atoms in total. The maximum atomic E-state index is 5.60. The molecule has 90 valence electrons. The number of hydrogen-bond donors (Lipinski definition) is 0. The molecule has 5 heteroatoms. The van der Waals surface area contributed by atoms with E-state index in [1.165, 1.54) is 0 Å². The van der Waals surface area contributed by atoms with Gasteiger partial charge in [0.25, 0.3) is 0 Å². The van der Waals surface area contributed by atoms with Crippen LogP contribution in [0.3, 0.4) is 0 Å². The number of nitrogens with zero attached hydrogens (tertiary/aromatic N) is 2. The second kappa shape index (κ2) is 6.30. The fraction of sp³-hybridized carbons (Fsp3) is 0.727. The number of aromatic nitrogens is 1. The molecule has 0 amide bonds. The van der Waals surface area contributed by atoms with Gasteiger partial charge in [0.15, 0.2) is 0 Å². The summed E-state index contributed by atoms with van der Waals surface area (Å²) in [6.45, 7) is 4.15. The van der Waals surface area contributed by atoms with E-state index < -0.39 is 0 Å². The zero-order valence-electron chi connectivity index (χ0n) is 9.59. The summed E-state index contributed by atoms with van der Waals surface area (Å²) in [6.07, 6.45) is 1.30. The van der Waals surface area contributed by atoms with Gasteiger partial charge in [0.2, 0.25) is 0 Å². The smallest absolute Gasteiger partial charge is 0.0821 e. The molecule has 0 radical (unpaired) electrons. The van der Waals surface area contributed by atoms with E-state index in [0.29, 0.717) is 0 Å². The van der Waals surface area contributed by atoms with Gasteiger partial charge in [-0.05, 0) is 13.5 Å². The monoisotopic (exact) mass is 242 g/mol. The molecule has 0 bridgehead atoms. The molecule has 0 spiro atoms. The molecule has 1 atom stereocenters. The van der Waals surface area contributed by atoms with Crippen LogP contribution in [0.15, 0.2) is 10.9 Å². The summed E-state index contributed by atoms with van der Waals surface area (Å²) in [7, 11) is 2.11. The molecule has 1 unspecified atom stereocenters. The Morgan fingerprint density at radius 2 is 2.50 bits per heavy atom. The van der Waals surface area contributed by atoms with Crippen LogP contribution in [0.4, 0.5) is 0 Å². The fourth-order valence-electron chi connectivity index (χ4n) is 1.74. The van der Waals surface area contributed by atoms with Gasteiger partial charge in [0.05, 0.1) is 37.1 Å². The predicted octanol–water partition coefficient (Wildman–Crippen LogP) is 1.38. The lowest BCUT2D eigenvalue weighted by atomic mass is 10.2. The summed E-state index contributed by atoms with van der Waals surface area (Å²) in [5, 5.41) is 2.09. The van der Waals surface area contributed by atoms with E-state index in [1.807, 2.05) is 5.51 Å². The molecule has 0 N–H and O–H groups in total. The molecule has 16 heavy (non-hydrogen) atoms. The number of ether oxygens (including phenoxy) is 2. The second-order valence-electron chi connectivity index (χ2n) is 4.07. The first-order chi connectivity index (χ1) is 7.84. The lowest BCUT2D eigenvalue weighted by Gasteiger charge is -2.25. The zero-order chi connectivity index (χ0) is 11.2. The molecular formula is C11H18N2O2S. The largest absolute Gasteiger partial charge is 0.376 e. The van der Waals surface area contributed by atoms with Gasteiger partial charge in [-0.15, -0.1) is 11.3 Å². The minimum absolute atomic E-state index is 0.270. The van der Waals surface area contributed by atoms with Crippen molar-refractivity contribution in [3.63, 3.8) is 0 Å². The summed E-state index contributed by atoms with van der Waals surface area (Å²) < 4.78 is 11.0. The summed E-state index contributed by atoms with van der Waals surface area (Å²) in [6, 6.07) is 0. The summed E-state index contributed by atoms with van der Waals surface area (Å²) in [5.41, 5.74) is 3.02. The molecule has 2 heterocycles.